The molecule has 0 aliphatic carbocycles. The van der Waals surface area contributed by atoms with Crippen molar-refractivity contribution >= 4 is 81.1 Å². The van der Waals surface area contributed by atoms with Crippen LogP contribution in [0.4, 0.5) is 17.1 Å². The highest BCUT2D eigenvalue weighted by molar-refractivity contribution is 7.25. The van der Waals surface area contributed by atoms with Crippen molar-refractivity contribution in [2.24, 2.45) is 0 Å². The van der Waals surface area contributed by atoms with Gasteiger partial charge >= 0.3 is 0 Å². The Morgan fingerprint density at radius 1 is 0.388 bits per heavy atom. The average Bonchev–Trinajstić information content (AvgIpc) is 3.72. The lowest BCUT2D eigenvalue weighted by Gasteiger charge is -2.26. The zero-order chi connectivity index (χ0) is 32.3. The molecule has 230 valence electrons. The van der Waals surface area contributed by atoms with E-state index in [4.69, 9.17) is 0 Å². The first kappa shape index (κ1) is 27.9. The highest BCUT2D eigenvalue weighted by Crippen LogP contribution is 2.43. The minimum atomic E-state index is 1.12. The van der Waals surface area contributed by atoms with Crippen LogP contribution in [0.2, 0.25) is 0 Å². The molecule has 0 fully saturated rings. The fraction of sp³-hybridized carbons (Fsp3) is 0. The average molecular weight is 643 g/mol. The van der Waals surface area contributed by atoms with Crippen LogP contribution in [-0.4, -0.2) is 4.57 Å². The number of hydrogen-bond acceptors (Lipinski definition) is 2. The van der Waals surface area contributed by atoms with E-state index >= 15 is 0 Å². The van der Waals surface area contributed by atoms with E-state index in [1.165, 1.54) is 63.9 Å². The maximum atomic E-state index is 2.43. The molecule has 0 aliphatic heterocycles. The second-order valence-corrected chi connectivity index (χ2v) is 13.7. The number of anilines is 3. The third kappa shape index (κ3) is 4.55. The van der Waals surface area contributed by atoms with Crippen molar-refractivity contribution in [3.63, 3.8) is 0 Å². The summed E-state index contributed by atoms with van der Waals surface area (Å²) in [6.07, 6.45) is 0. The molecule has 0 aliphatic rings. The number of fused-ring (bicyclic) bond motifs is 8. The lowest BCUT2D eigenvalue weighted by molar-refractivity contribution is 1.19. The van der Waals surface area contributed by atoms with E-state index in [0.29, 0.717) is 0 Å². The molecule has 49 heavy (non-hydrogen) atoms. The molecule has 0 radical (unpaired) electrons. The van der Waals surface area contributed by atoms with Crippen LogP contribution in [0, 0.1) is 0 Å². The van der Waals surface area contributed by atoms with Crippen molar-refractivity contribution in [3.05, 3.63) is 182 Å². The molecular formula is C46H30N2S. The first-order valence-corrected chi connectivity index (χ1v) is 17.5. The van der Waals surface area contributed by atoms with Crippen LogP contribution in [0.25, 0.3) is 69.6 Å². The minimum absolute atomic E-state index is 1.12. The second-order valence-electron chi connectivity index (χ2n) is 12.6. The van der Waals surface area contributed by atoms with Crippen LogP contribution in [-0.2, 0) is 0 Å². The third-order valence-electron chi connectivity index (χ3n) is 9.76. The molecule has 0 saturated carbocycles. The summed E-state index contributed by atoms with van der Waals surface area (Å²) in [5.74, 6) is 0. The van der Waals surface area contributed by atoms with Crippen molar-refractivity contribution in [2.75, 3.05) is 4.90 Å². The number of hydrogen-bond donors (Lipinski definition) is 0. The number of rotatable bonds is 5. The number of thiophene rings is 1. The molecule has 3 heteroatoms. The molecule has 10 aromatic rings. The second kappa shape index (κ2) is 11.2. The van der Waals surface area contributed by atoms with Crippen molar-refractivity contribution in [1.29, 1.82) is 0 Å². The Hall–Kier alpha value is -6.16. The van der Waals surface area contributed by atoms with Crippen molar-refractivity contribution in [3.8, 4) is 16.8 Å². The van der Waals surface area contributed by atoms with Crippen molar-refractivity contribution in [2.45, 2.75) is 0 Å². The lowest BCUT2D eigenvalue weighted by atomic mass is 10.0. The molecule has 2 nitrogen and oxygen atoms in total. The summed E-state index contributed by atoms with van der Waals surface area (Å²) in [6, 6.07) is 66.2. The highest BCUT2D eigenvalue weighted by Gasteiger charge is 2.19. The van der Waals surface area contributed by atoms with Gasteiger partial charge in [0.1, 0.15) is 0 Å². The zero-order valence-electron chi connectivity index (χ0n) is 26.6. The van der Waals surface area contributed by atoms with E-state index < -0.39 is 0 Å². The Labute approximate surface area is 288 Å². The van der Waals surface area contributed by atoms with Gasteiger partial charge in [-0.15, -0.1) is 11.3 Å². The standard InChI is InChI=1S/C46H30N2S/c1-3-11-31(12-4-1)32-19-23-35(24-20-32)47(37-26-28-40-39-16-8-10-18-44(39)49-45(40)30-37)36-25-21-33-22-27-41-38-15-7-9-17-43(38)48(46(41)42(33)29-36)34-13-5-2-6-14-34/h1-30H. The first-order chi connectivity index (χ1) is 24.3. The SMILES string of the molecule is c1ccc(-c2ccc(N(c3ccc4c(c3)sc3ccccc34)c3ccc4ccc5c6ccccc6n(-c6ccccc6)c5c4c3)cc2)cc1. The van der Waals surface area contributed by atoms with Gasteiger partial charge in [-0.25, -0.2) is 0 Å². The molecule has 2 aromatic heterocycles. The van der Waals surface area contributed by atoms with Crippen LogP contribution in [0.1, 0.15) is 0 Å². The summed E-state index contributed by atoms with van der Waals surface area (Å²) >= 11 is 1.86. The van der Waals surface area contributed by atoms with Gasteiger partial charge in [-0.2, -0.15) is 0 Å². The highest BCUT2D eigenvalue weighted by atomic mass is 32.1. The largest absolute Gasteiger partial charge is 0.310 e. The molecule has 2 heterocycles. The van der Waals surface area contributed by atoms with E-state index in [1.54, 1.807) is 0 Å². The smallest absolute Gasteiger partial charge is 0.0620 e. The third-order valence-corrected chi connectivity index (χ3v) is 10.9. The number of benzene rings is 8. The lowest BCUT2D eigenvalue weighted by Crippen LogP contribution is -2.10. The number of aromatic nitrogens is 1. The van der Waals surface area contributed by atoms with Crippen LogP contribution < -0.4 is 4.90 Å². The number of nitrogens with zero attached hydrogens (tertiary/aromatic N) is 2. The summed E-state index contributed by atoms with van der Waals surface area (Å²) in [7, 11) is 0. The fourth-order valence-electron chi connectivity index (χ4n) is 7.49. The summed E-state index contributed by atoms with van der Waals surface area (Å²) in [5, 5.41) is 7.58. The maximum absolute atomic E-state index is 2.43. The molecule has 0 spiro atoms. The van der Waals surface area contributed by atoms with Gasteiger partial charge in [0.05, 0.1) is 11.0 Å². The Kier molecular flexibility index (Phi) is 6.39. The molecule has 0 amide bonds. The van der Waals surface area contributed by atoms with E-state index in [-0.39, 0.29) is 0 Å². The Bertz CT molecular complexity index is 2810. The van der Waals surface area contributed by atoms with Gasteiger partial charge in [0.25, 0.3) is 0 Å². The van der Waals surface area contributed by atoms with E-state index in [2.05, 4.69) is 191 Å². The minimum Gasteiger partial charge on any atom is -0.310 e. The molecule has 0 atom stereocenters. The van der Waals surface area contributed by atoms with E-state index in [0.717, 1.165) is 22.7 Å². The van der Waals surface area contributed by atoms with Crippen molar-refractivity contribution in [1.82, 2.24) is 4.57 Å². The topological polar surface area (TPSA) is 8.17 Å². The molecule has 0 saturated heterocycles. The Morgan fingerprint density at radius 3 is 1.82 bits per heavy atom. The normalized spacial score (nSPS) is 11.7. The van der Waals surface area contributed by atoms with Gasteiger partial charge < -0.3 is 9.47 Å². The van der Waals surface area contributed by atoms with E-state index in [9.17, 15) is 0 Å². The zero-order valence-corrected chi connectivity index (χ0v) is 27.4. The summed E-state index contributed by atoms with van der Waals surface area (Å²) in [5.41, 5.74) is 9.41. The number of para-hydroxylation sites is 2. The molecular weight excluding hydrogens is 613 g/mol. The summed E-state index contributed by atoms with van der Waals surface area (Å²) in [6.45, 7) is 0. The predicted octanol–water partition coefficient (Wildman–Crippen LogP) is 13.4. The molecule has 8 aromatic carbocycles. The van der Waals surface area contributed by atoms with Gasteiger partial charge in [-0.1, -0.05) is 121 Å². The fourth-order valence-corrected chi connectivity index (χ4v) is 8.62. The summed E-state index contributed by atoms with van der Waals surface area (Å²) < 4.78 is 5.03. The van der Waals surface area contributed by atoms with Crippen LogP contribution in [0.3, 0.4) is 0 Å². The molecule has 0 N–H and O–H groups in total. The van der Waals surface area contributed by atoms with Gasteiger partial charge in [0, 0.05) is 59.1 Å². The van der Waals surface area contributed by atoms with E-state index in [1.807, 2.05) is 11.3 Å². The Balaban J connectivity index is 1.22. The Morgan fingerprint density at radius 2 is 0.980 bits per heavy atom. The van der Waals surface area contributed by atoms with Gasteiger partial charge in [-0.05, 0) is 77.2 Å². The van der Waals surface area contributed by atoms with Crippen molar-refractivity contribution < 1.29 is 0 Å². The maximum Gasteiger partial charge on any atom is 0.0620 e. The molecule has 0 unspecified atom stereocenters. The van der Waals surface area contributed by atoms with Gasteiger partial charge in [0.2, 0.25) is 0 Å². The monoisotopic (exact) mass is 642 g/mol. The van der Waals surface area contributed by atoms with Crippen LogP contribution >= 0.6 is 11.3 Å². The quantitative estimate of drug-likeness (QED) is 0.181. The molecule has 10 rings (SSSR count). The van der Waals surface area contributed by atoms with Crippen LogP contribution in [0.5, 0.6) is 0 Å². The van der Waals surface area contributed by atoms with Crippen LogP contribution in [0.15, 0.2) is 182 Å². The first-order valence-electron chi connectivity index (χ1n) is 16.7. The molecule has 0 bridgehead atoms. The summed E-state index contributed by atoms with van der Waals surface area (Å²) in [4.78, 5) is 2.41. The predicted molar refractivity (Wildman–Crippen MR) is 211 cm³/mol. The van der Waals surface area contributed by atoms with Gasteiger partial charge in [-0.3, -0.25) is 0 Å². The van der Waals surface area contributed by atoms with Gasteiger partial charge in [0.15, 0.2) is 0 Å².